The van der Waals surface area contributed by atoms with Gasteiger partial charge in [-0.3, -0.25) is 20.3 Å². The lowest BCUT2D eigenvalue weighted by atomic mass is 9.87. The van der Waals surface area contributed by atoms with E-state index in [9.17, 15) is 19.7 Å². The number of nitrogens with zero attached hydrogens (tertiary/aromatic N) is 2. The number of hydrogen-bond donors (Lipinski definition) is 1. The topological polar surface area (TPSA) is 111 Å². The van der Waals surface area contributed by atoms with Crippen molar-refractivity contribution in [2.75, 3.05) is 11.9 Å². The summed E-state index contributed by atoms with van der Waals surface area (Å²) in [5.41, 5.74) is 0.452. The molecule has 2 aliphatic heterocycles. The molecule has 166 valence electrons. The maximum atomic E-state index is 13.1. The van der Waals surface area contributed by atoms with Crippen molar-refractivity contribution in [3.63, 3.8) is 0 Å². The van der Waals surface area contributed by atoms with Crippen molar-refractivity contribution < 1.29 is 24.0 Å². The summed E-state index contributed by atoms with van der Waals surface area (Å²) in [6, 6.07) is 12.7. The van der Waals surface area contributed by atoms with Gasteiger partial charge in [0.05, 0.1) is 11.0 Å². The SMILES string of the molecule is CC(C)(C)OC(=O)N1C2C=CC1(COC(=O)Nc1ccc([N+](=O)[O-])cc1)c1ccccc12. The van der Waals surface area contributed by atoms with Gasteiger partial charge in [-0.25, -0.2) is 9.59 Å². The van der Waals surface area contributed by atoms with Gasteiger partial charge in [-0.05, 0) is 44.0 Å². The summed E-state index contributed by atoms with van der Waals surface area (Å²) in [6.45, 7) is 5.27. The first kappa shape index (κ1) is 21.4. The van der Waals surface area contributed by atoms with Crippen molar-refractivity contribution in [1.82, 2.24) is 4.90 Å². The van der Waals surface area contributed by atoms with Gasteiger partial charge in [-0.15, -0.1) is 0 Å². The van der Waals surface area contributed by atoms with Gasteiger partial charge in [0.1, 0.15) is 17.7 Å². The molecule has 9 nitrogen and oxygen atoms in total. The average molecular weight is 437 g/mol. The molecule has 0 fully saturated rings. The minimum atomic E-state index is -0.976. The highest BCUT2D eigenvalue weighted by Gasteiger charge is 2.56. The molecule has 2 amide bonds. The zero-order chi connectivity index (χ0) is 23.1. The van der Waals surface area contributed by atoms with Gasteiger partial charge in [0.2, 0.25) is 0 Å². The zero-order valence-corrected chi connectivity index (χ0v) is 17.9. The smallest absolute Gasteiger partial charge is 0.412 e. The van der Waals surface area contributed by atoms with Crippen LogP contribution in [0.2, 0.25) is 0 Å². The van der Waals surface area contributed by atoms with Crippen LogP contribution in [0.1, 0.15) is 37.9 Å². The molecule has 0 aliphatic carbocycles. The van der Waals surface area contributed by atoms with Crippen LogP contribution in [-0.4, -0.2) is 34.2 Å². The Hall–Kier alpha value is -3.88. The number of ether oxygens (including phenoxy) is 2. The van der Waals surface area contributed by atoms with E-state index in [4.69, 9.17) is 9.47 Å². The molecule has 2 unspecified atom stereocenters. The molecule has 9 heteroatoms. The zero-order valence-electron chi connectivity index (χ0n) is 17.9. The number of rotatable bonds is 4. The lowest BCUT2D eigenvalue weighted by Gasteiger charge is -2.35. The lowest BCUT2D eigenvalue weighted by molar-refractivity contribution is -0.384. The molecule has 4 rings (SSSR count). The Bertz CT molecular complexity index is 1110. The summed E-state index contributed by atoms with van der Waals surface area (Å²) < 4.78 is 11.1. The maximum Gasteiger partial charge on any atom is 0.412 e. The summed E-state index contributed by atoms with van der Waals surface area (Å²) in [4.78, 5) is 37.4. The molecule has 2 aromatic rings. The molecule has 2 aromatic carbocycles. The Morgan fingerprint density at radius 3 is 2.50 bits per heavy atom. The first-order chi connectivity index (χ1) is 15.1. The Morgan fingerprint density at radius 2 is 1.84 bits per heavy atom. The van der Waals surface area contributed by atoms with E-state index in [2.05, 4.69) is 5.32 Å². The molecule has 0 radical (unpaired) electrons. The normalized spacial score (nSPS) is 20.6. The van der Waals surface area contributed by atoms with E-state index in [1.807, 2.05) is 36.4 Å². The summed E-state index contributed by atoms with van der Waals surface area (Å²) in [7, 11) is 0. The highest BCUT2D eigenvalue weighted by Crippen LogP contribution is 2.53. The fraction of sp³-hybridized carbons (Fsp3) is 0.304. The molecule has 2 atom stereocenters. The van der Waals surface area contributed by atoms with Crippen LogP contribution in [-0.2, 0) is 15.0 Å². The van der Waals surface area contributed by atoms with Crippen LogP contribution in [0.15, 0.2) is 60.7 Å². The Morgan fingerprint density at radius 1 is 1.16 bits per heavy atom. The summed E-state index contributed by atoms with van der Waals surface area (Å²) >= 11 is 0. The number of anilines is 1. The van der Waals surface area contributed by atoms with Crippen molar-refractivity contribution in [2.24, 2.45) is 0 Å². The highest BCUT2D eigenvalue weighted by molar-refractivity contribution is 5.85. The van der Waals surface area contributed by atoms with Crippen molar-refractivity contribution >= 4 is 23.6 Å². The molecule has 0 spiro atoms. The van der Waals surface area contributed by atoms with Gasteiger partial charge >= 0.3 is 12.2 Å². The predicted molar refractivity (Wildman–Crippen MR) is 116 cm³/mol. The summed E-state index contributed by atoms with van der Waals surface area (Å²) in [5.74, 6) is 0. The minimum absolute atomic E-state index is 0.0829. The fourth-order valence-electron chi connectivity index (χ4n) is 4.06. The first-order valence-corrected chi connectivity index (χ1v) is 10.1. The van der Waals surface area contributed by atoms with E-state index >= 15 is 0 Å². The number of non-ortho nitro benzene ring substituents is 1. The number of fused-ring (bicyclic) bond motifs is 5. The number of benzene rings is 2. The quantitative estimate of drug-likeness (QED) is 0.414. The fourth-order valence-corrected chi connectivity index (χ4v) is 4.06. The third-order valence-corrected chi connectivity index (χ3v) is 5.35. The monoisotopic (exact) mass is 437 g/mol. The second-order valence-electron chi connectivity index (χ2n) is 8.67. The molecule has 2 aliphatic rings. The number of amides is 2. The second kappa shape index (κ2) is 7.67. The van der Waals surface area contributed by atoms with Crippen LogP contribution in [0.4, 0.5) is 21.0 Å². The number of nitro benzene ring substituents is 1. The third kappa shape index (κ3) is 3.77. The first-order valence-electron chi connectivity index (χ1n) is 10.1. The second-order valence-corrected chi connectivity index (χ2v) is 8.67. The van der Waals surface area contributed by atoms with E-state index in [1.54, 1.807) is 25.7 Å². The van der Waals surface area contributed by atoms with Crippen LogP contribution in [0.25, 0.3) is 0 Å². The van der Waals surface area contributed by atoms with Crippen LogP contribution in [0.5, 0.6) is 0 Å². The van der Waals surface area contributed by atoms with E-state index in [-0.39, 0.29) is 18.3 Å². The van der Waals surface area contributed by atoms with Crippen LogP contribution < -0.4 is 5.32 Å². The third-order valence-electron chi connectivity index (χ3n) is 5.35. The summed E-state index contributed by atoms with van der Waals surface area (Å²) in [6.07, 6.45) is 2.54. The highest BCUT2D eigenvalue weighted by atomic mass is 16.6. The van der Waals surface area contributed by atoms with Crippen LogP contribution in [0.3, 0.4) is 0 Å². The number of nitrogens with one attached hydrogen (secondary N) is 1. The molecule has 2 bridgehead atoms. The average Bonchev–Trinajstić information content (AvgIpc) is 3.24. The number of nitro groups is 1. The van der Waals surface area contributed by atoms with Gasteiger partial charge in [-0.2, -0.15) is 0 Å². The van der Waals surface area contributed by atoms with Gasteiger partial charge in [0, 0.05) is 17.8 Å². The molecular weight excluding hydrogens is 414 g/mol. The van der Waals surface area contributed by atoms with E-state index in [0.717, 1.165) is 11.1 Å². The van der Waals surface area contributed by atoms with Gasteiger partial charge in [0.25, 0.3) is 5.69 Å². The maximum absolute atomic E-state index is 13.1. The van der Waals surface area contributed by atoms with E-state index in [1.165, 1.54) is 24.3 Å². The van der Waals surface area contributed by atoms with E-state index in [0.29, 0.717) is 5.69 Å². The van der Waals surface area contributed by atoms with Crippen molar-refractivity contribution in [2.45, 2.75) is 38.0 Å². The molecule has 32 heavy (non-hydrogen) atoms. The van der Waals surface area contributed by atoms with E-state index < -0.39 is 28.2 Å². The summed E-state index contributed by atoms with van der Waals surface area (Å²) in [5, 5.41) is 13.3. The molecule has 2 heterocycles. The number of carbonyl (C=O) groups excluding carboxylic acids is 2. The van der Waals surface area contributed by atoms with Crippen molar-refractivity contribution in [3.05, 3.63) is 81.9 Å². The Balaban J connectivity index is 1.53. The van der Waals surface area contributed by atoms with Crippen LogP contribution >= 0.6 is 0 Å². The molecular formula is C23H23N3O6. The van der Waals surface area contributed by atoms with Crippen molar-refractivity contribution in [3.8, 4) is 0 Å². The van der Waals surface area contributed by atoms with Crippen molar-refractivity contribution in [1.29, 1.82) is 0 Å². The van der Waals surface area contributed by atoms with Crippen LogP contribution in [0, 0.1) is 10.1 Å². The Kier molecular flexibility index (Phi) is 5.12. The Labute approximate surface area is 184 Å². The minimum Gasteiger partial charge on any atom is -0.446 e. The largest absolute Gasteiger partial charge is 0.446 e. The van der Waals surface area contributed by atoms with Gasteiger partial charge in [-0.1, -0.05) is 36.4 Å². The van der Waals surface area contributed by atoms with Gasteiger partial charge < -0.3 is 9.47 Å². The number of hydrogen-bond acceptors (Lipinski definition) is 6. The predicted octanol–water partition coefficient (Wildman–Crippen LogP) is 4.90. The molecule has 0 saturated heterocycles. The molecule has 0 saturated carbocycles. The standard InChI is InChI=1S/C23H23N3O6/c1-22(2,3)32-21(28)25-19-12-13-23(25,18-7-5-4-6-17(18)19)14-31-20(27)24-15-8-10-16(11-9-15)26(29)30/h4-13,19H,14H2,1-3H3,(H,24,27). The molecule has 1 N–H and O–H groups in total. The van der Waals surface area contributed by atoms with Gasteiger partial charge in [0.15, 0.2) is 0 Å². The lowest BCUT2D eigenvalue weighted by Crippen LogP contribution is -2.47. The molecule has 0 aromatic heterocycles. The number of carbonyl (C=O) groups is 2.